The SMILES string of the molecule is CC(=O)N[C@H]1CCSC[C@@H](C(=O)N[C@@H](Cc2ccc(OCCN)cc2)C(=O)N[C@@H](Cc2ccc3ccccc3c2)C(=O)N[C@@](C)(CCCCN)C(=O)N[C@@H](CCCNC(=N)N)C(=O)N[C@@H](CC(N)=O)C(=O)NCC(N)=O)NC(=O)[C@H](CCC(N)=O)NC(=O)[C@H](Cc2c[nH]c3ccccc23)NC(=O)[C@H]([C@@H](C)O)NC(=O)[C@H](CCC(N)=O)NC1=O. The van der Waals surface area contributed by atoms with Crippen LogP contribution in [0, 0.1) is 5.41 Å². The lowest BCUT2D eigenvalue weighted by molar-refractivity contribution is -0.138. The van der Waals surface area contributed by atoms with Crippen molar-refractivity contribution in [3.8, 4) is 5.75 Å². The highest BCUT2D eigenvalue weighted by atomic mass is 32.2. The summed E-state index contributed by atoms with van der Waals surface area (Å²) in [5.74, 6) is -16.8. The van der Waals surface area contributed by atoms with Crippen molar-refractivity contribution in [1.82, 2.24) is 74.1 Å². The Balaban J connectivity index is 1.46. The molecule has 1 aliphatic rings. The first-order valence-corrected chi connectivity index (χ1v) is 39.4. The number of guanidine groups is 1. The molecular weight excluding hydrogens is 1550 g/mol. The van der Waals surface area contributed by atoms with Crippen LogP contribution in [-0.4, -0.2) is 227 Å². The number of amides is 16. The van der Waals surface area contributed by atoms with Gasteiger partial charge in [-0.2, -0.15) is 11.8 Å². The summed E-state index contributed by atoms with van der Waals surface area (Å²) in [6.45, 7) is 3.28. The van der Waals surface area contributed by atoms with E-state index >= 15 is 28.8 Å². The largest absolute Gasteiger partial charge is 0.492 e. The van der Waals surface area contributed by atoms with Crippen molar-refractivity contribution in [2.24, 2.45) is 40.1 Å². The minimum absolute atomic E-state index is 0.0102. The number of hydrogen-bond acceptors (Lipinski definition) is 22. The van der Waals surface area contributed by atoms with Crippen molar-refractivity contribution in [2.45, 2.75) is 183 Å². The van der Waals surface area contributed by atoms with Gasteiger partial charge in [-0.3, -0.25) is 82.1 Å². The molecule has 6 rings (SSSR count). The van der Waals surface area contributed by atoms with Gasteiger partial charge in [0.15, 0.2) is 5.96 Å². The van der Waals surface area contributed by atoms with Gasteiger partial charge >= 0.3 is 0 Å². The Morgan fingerprint density at radius 3 is 1.86 bits per heavy atom. The first-order chi connectivity index (χ1) is 56.1. The van der Waals surface area contributed by atoms with Gasteiger partial charge in [-0.05, 0) is 123 Å². The molecule has 4 aromatic carbocycles. The lowest BCUT2D eigenvalue weighted by Gasteiger charge is -2.34. The third kappa shape index (κ3) is 30.9. The highest BCUT2D eigenvalue weighted by Gasteiger charge is 2.42. The zero-order valence-electron chi connectivity index (χ0n) is 65.8. The molecule has 1 fully saturated rings. The van der Waals surface area contributed by atoms with E-state index in [1.807, 2.05) is 12.1 Å². The van der Waals surface area contributed by atoms with Gasteiger partial charge in [0.2, 0.25) is 94.5 Å². The zero-order chi connectivity index (χ0) is 86.8. The van der Waals surface area contributed by atoms with E-state index in [0.717, 1.165) is 31.0 Å². The number of aliphatic hydroxyl groups is 1. The van der Waals surface area contributed by atoms with Crippen molar-refractivity contribution in [1.29, 1.82) is 5.41 Å². The molecule has 1 aliphatic heterocycles. The first kappa shape index (κ1) is 94.4. The summed E-state index contributed by atoms with van der Waals surface area (Å²) in [5, 5.41) is 54.2. The van der Waals surface area contributed by atoms with Crippen molar-refractivity contribution in [3.63, 3.8) is 0 Å². The summed E-state index contributed by atoms with van der Waals surface area (Å²) >= 11 is 0.927. The van der Waals surface area contributed by atoms with Crippen LogP contribution in [0.2, 0.25) is 0 Å². The van der Waals surface area contributed by atoms with Crippen molar-refractivity contribution >= 4 is 134 Å². The number of fused-ring (bicyclic) bond motifs is 2. The van der Waals surface area contributed by atoms with E-state index in [-0.39, 0.29) is 83.4 Å². The van der Waals surface area contributed by atoms with E-state index in [0.29, 0.717) is 45.1 Å². The van der Waals surface area contributed by atoms with Crippen LogP contribution >= 0.6 is 11.8 Å². The van der Waals surface area contributed by atoms with Gasteiger partial charge in [0.25, 0.3) is 0 Å². The van der Waals surface area contributed by atoms with Gasteiger partial charge < -0.3 is 124 Å². The zero-order valence-corrected chi connectivity index (χ0v) is 66.6. The summed E-state index contributed by atoms with van der Waals surface area (Å²) < 4.78 is 5.73. The van der Waals surface area contributed by atoms with Gasteiger partial charge in [-0.1, -0.05) is 72.8 Å². The molecule has 0 saturated carbocycles. The molecule has 1 saturated heterocycles. The van der Waals surface area contributed by atoms with Gasteiger partial charge in [-0.15, -0.1) is 0 Å². The first-order valence-electron chi connectivity index (χ1n) is 38.3. The van der Waals surface area contributed by atoms with Crippen LogP contribution in [-0.2, 0) is 96.0 Å². The highest BCUT2D eigenvalue weighted by Crippen LogP contribution is 2.24. The van der Waals surface area contributed by atoms with E-state index < -0.39 is 217 Å². The number of primary amides is 4. The Morgan fingerprint density at radius 2 is 1.22 bits per heavy atom. The molecule has 0 unspecified atom stereocenters. The number of aliphatic hydroxyl groups excluding tert-OH is 1. The number of carbonyl (C=O) groups is 16. The maximum absolute atomic E-state index is 15.7. The van der Waals surface area contributed by atoms with Crippen molar-refractivity contribution < 1.29 is 86.6 Å². The van der Waals surface area contributed by atoms with Crippen LogP contribution in [0.5, 0.6) is 5.75 Å². The van der Waals surface area contributed by atoms with E-state index in [2.05, 4.69) is 74.1 Å². The lowest BCUT2D eigenvalue weighted by atomic mass is 9.91. The molecule has 5 aromatic rings. The number of rotatable bonds is 40. The topological polar surface area (TPSA) is 681 Å². The Kier molecular flexibility index (Phi) is 37.5. The molecule has 1 aromatic heterocycles. The Hall–Kier alpha value is -12.5. The van der Waals surface area contributed by atoms with Crippen LogP contribution in [0.4, 0.5) is 0 Å². The quantitative estimate of drug-likeness (QED) is 0.00987. The van der Waals surface area contributed by atoms with Crippen LogP contribution in [0.25, 0.3) is 21.7 Å². The normalized spacial score (nSPS) is 18.8. The number of nitrogens with two attached hydrogens (primary N) is 7. The molecule has 0 bridgehead atoms. The van der Waals surface area contributed by atoms with Crippen LogP contribution in [0.1, 0.15) is 108 Å². The fourth-order valence-corrected chi connectivity index (χ4v) is 13.7. The number of unbranched alkanes of at least 4 members (excludes halogenated alkanes) is 1. The van der Waals surface area contributed by atoms with Gasteiger partial charge in [0, 0.05) is 75.0 Å². The second kappa shape index (κ2) is 46.9. The molecule has 16 amide bonds. The third-order valence-electron chi connectivity index (χ3n) is 19.0. The van der Waals surface area contributed by atoms with Gasteiger partial charge in [0.1, 0.15) is 78.3 Å². The maximum Gasteiger partial charge on any atom is 0.246 e. The Morgan fingerprint density at radius 1 is 0.619 bits per heavy atom. The number of para-hydroxylation sites is 1. The smallest absolute Gasteiger partial charge is 0.246 e. The molecule has 0 aliphatic carbocycles. The number of nitrogens with one attached hydrogen (secondary N) is 15. The maximum atomic E-state index is 15.7. The van der Waals surface area contributed by atoms with Gasteiger partial charge in [-0.25, -0.2) is 0 Å². The van der Waals surface area contributed by atoms with Crippen molar-refractivity contribution in [2.75, 3.05) is 44.3 Å². The molecule has 12 atom stereocenters. The highest BCUT2D eigenvalue weighted by molar-refractivity contribution is 7.99. The number of hydrogen-bond donors (Lipinski definition) is 23. The van der Waals surface area contributed by atoms with E-state index in [1.54, 1.807) is 85.1 Å². The fraction of sp³-hybridized carbons (Fsp3) is 0.468. The number of thioether (sulfide) groups is 1. The number of H-pyrrole nitrogens is 1. The molecule has 40 nitrogen and oxygen atoms in total. The molecule has 2 heterocycles. The predicted molar refractivity (Wildman–Crippen MR) is 434 cm³/mol. The van der Waals surface area contributed by atoms with Crippen molar-refractivity contribution in [3.05, 3.63) is 114 Å². The third-order valence-corrected chi connectivity index (χ3v) is 20.1. The van der Waals surface area contributed by atoms with Gasteiger partial charge in [0.05, 0.1) is 19.1 Å². The predicted octanol–water partition coefficient (Wildman–Crippen LogP) is -5.65. The average Bonchev–Trinajstić information content (AvgIpc) is 1.18. The summed E-state index contributed by atoms with van der Waals surface area (Å²) in [7, 11) is 0. The molecule has 41 heteroatoms. The summed E-state index contributed by atoms with van der Waals surface area (Å²) in [6, 6.07) is 8.71. The number of aromatic nitrogens is 1. The van der Waals surface area contributed by atoms with E-state index in [1.165, 1.54) is 6.92 Å². The molecule has 30 N–H and O–H groups in total. The van der Waals surface area contributed by atoms with Crippen LogP contribution in [0.3, 0.4) is 0 Å². The second-order valence-electron chi connectivity index (χ2n) is 28.6. The number of aromatic amines is 1. The number of ether oxygens (including phenoxy) is 1. The summed E-state index contributed by atoms with van der Waals surface area (Å²) in [4.78, 5) is 228. The Labute approximate surface area is 683 Å². The summed E-state index contributed by atoms with van der Waals surface area (Å²) in [5.41, 5.74) is 38.9. The molecule has 118 heavy (non-hydrogen) atoms. The fourth-order valence-electron chi connectivity index (χ4n) is 12.7. The molecule has 0 spiro atoms. The van der Waals surface area contributed by atoms with E-state index in [4.69, 9.17) is 50.3 Å². The number of carbonyl (C=O) groups excluding carboxylic acids is 16. The lowest BCUT2D eigenvalue weighted by Crippen LogP contribution is -2.64. The number of benzene rings is 4. The van der Waals surface area contributed by atoms with Crippen LogP contribution < -0.4 is 114 Å². The minimum Gasteiger partial charge on any atom is -0.492 e. The van der Waals surface area contributed by atoms with Crippen LogP contribution in [0.15, 0.2) is 97.2 Å². The second-order valence-corrected chi connectivity index (χ2v) is 29.8. The molecule has 640 valence electrons. The summed E-state index contributed by atoms with van der Waals surface area (Å²) in [6.07, 6.45) is -4.19. The molecule has 0 radical (unpaired) electrons. The Bertz CT molecular complexity index is 4420. The molecular formula is C77H108N22O18S. The standard InChI is InChI=1S/C77H108N22O18S/c1-41(100)64-74(115)95-57(36-47-38-87-50-14-7-6-13-49(47)50)71(112)91-52(22-24-60(80)102)67(108)96-59(40-118-32-26-54(89-42(2)101)68(109)90-53(69(110)98-64)23-25-61(81)103)72(113)92-55(34-43-17-20-48(21-18-43)117-31-29-79)70(111)93-56(35-44-16-19-45-11-4-5-12-46(45)33-44)73(114)99-77(3,27-8-9-28-78)75(116)97-51(15-10-30-86-76(84)85)66(107)94-58(37-62(82)104)65(106)88-39-63(83)105/h4-7,11-14,16-21,33,38,41,51-59,64,87,100H,8-10,15,22-32,34-37,39-40,78-79H2,1-3H3,(H2,80,102)(H2,81,103)(H2,82,104)(H2,83,105)(H,88,106)(H,89,101)(H,90,109)(H,91,112)(H,92,113)(H,93,111)(H,94,107)(H,95,115)(H,96,108)(H,97,116)(H,98,110)(H,99,114)(H4,84,85,86)/t41-,51+,52+,53+,54+,55+,56+,57+,58+,59+,64+,77+/m1/s1. The van der Waals surface area contributed by atoms with E-state index in [9.17, 15) is 53.1 Å². The average molecular weight is 1660 g/mol. The monoisotopic (exact) mass is 1660 g/mol. The minimum atomic E-state index is -2.02.